The first-order valence-electron chi connectivity index (χ1n) is 8.50. The van der Waals surface area contributed by atoms with Gasteiger partial charge in [-0.15, -0.1) is 0 Å². The van der Waals surface area contributed by atoms with Crippen molar-refractivity contribution in [1.29, 1.82) is 0 Å². The maximum Gasteiger partial charge on any atom is 0.257 e. The molecule has 1 fully saturated rings. The average Bonchev–Trinajstić information content (AvgIpc) is 3.31. The molecule has 3 heterocycles. The van der Waals surface area contributed by atoms with E-state index in [0.29, 0.717) is 30.4 Å². The highest BCUT2D eigenvalue weighted by atomic mass is 79.9. The molecule has 1 amide bonds. The Labute approximate surface area is 159 Å². The Kier molecular flexibility index (Phi) is 4.58. The van der Waals surface area contributed by atoms with Crippen molar-refractivity contribution in [1.82, 2.24) is 24.8 Å². The van der Waals surface area contributed by atoms with Gasteiger partial charge in [0.2, 0.25) is 5.89 Å². The lowest BCUT2D eigenvalue weighted by Gasteiger charge is -2.30. The molecule has 26 heavy (non-hydrogen) atoms. The maximum atomic E-state index is 12.8. The molecule has 1 saturated heterocycles. The van der Waals surface area contributed by atoms with Crippen LogP contribution in [0.1, 0.15) is 40.8 Å². The Morgan fingerprint density at radius 1 is 1.23 bits per heavy atom. The first-order valence-corrected chi connectivity index (χ1v) is 9.29. The molecule has 0 bridgehead atoms. The van der Waals surface area contributed by atoms with Gasteiger partial charge in [-0.25, -0.2) is 4.68 Å². The second-order valence-corrected chi connectivity index (χ2v) is 7.31. The second kappa shape index (κ2) is 7.03. The third kappa shape index (κ3) is 3.41. The fourth-order valence-corrected chi connectivity index (χ4v) is 3.42. The molecule has 134 valence electrons. The largest absolute Gasteiger partial charge is 0.339 e. The van der Waals surface area contributed by atoms with Crippen LogP contribution in [0.4, 0.5) is 0 Å². The van der Waals surface area contributed by atoms with E-state index in [2.05, 4.69) is 31.2 Å². The van der Waals surface area contributed by atoms with E-state index in [1.54, 1.807) is 17.1 Å². The molecule has 2 aromatic heterocycles. The minimum absolute atomic E-state index is 0.00789. The van der Waals surface area contributed by atoms with E-state index in [-0.39, 0.29) is 11.8 Å². The molecule has 0 aliphatic carbocycles. The number of rotatable bonds is 3. The minimum atomic E-state index is 0.00789. The molecule has 1 aliphatic rings. The van der Waals surface area contributed by atoms with Crippen LogP contribution in [0.2, 0.25) is 0 Å². The number of nitrogens with zero attached hydrogens (tertiary/aromatic N) is 5. The Morgan fingerprint density at radius 3 is 2.62 bits per heavy atom. The van der Waals surface area contributed by atoms with Crippen molar-refractivity contribution in [3.8, 4) is 5.69 Å². The van der Waals surface area contributed by atoms with E-state index < -0.39 is 0 Å². The van der Waals surface area contributed by atoms with E-state index >= 15 is 0 Å². The van der Waals surface area contributed by atoms with Crippen molar-refractivity contribution in [2.75, 3.05) is 13.1 Å². The van der Waals surface area contributed by atoms with E-state index in [1.807, 2.05) is 36.1 Å². The summed E-state index contributed by atoms with van der Waals surface area (Å²) >= 11 is 3.42. The number of aromatic nitrogens is 4. The number of halogens is 1. The van der Waals surface area contributed by atoms with Gasteiger partial charge in [0, 0.05) is 29.7 Å². The predicted octanol–water partition coefficient (Wildman–Crippen LogP) is 3.35. The first kappa shape index (κ1) is 17.0. The average molecular weight is 416 g/mol. The van der Waals surface area contributed by atoms with Crippen molar-refractivity contribution in [3.63, 3.8) is 0 Å². The zero-order valence-electron chi connectivity index (χ0n) is 14.3. The Bertz CT molecular complexity index is 910. The molecule has 7 nitrogen and oxygen atoms in total. The molecule has 1 aromatic carbocycles. The maximum absolute atomic E-state index is 12.8. The van der Waals surface area contributed by atoms with E-state index in [1.165, 1.54) is 0 Å². The molecule has 0 radical (unpaired) electrons. The Hall–Kier alpha value is -2.48. The van der Waals surface area contributed by atoms with Crippen LogP contribution in [0, 0.1) is 6.92 Å². The summed E-state index contributed by atoms with van der Waals surface area (Å²) in [5.41, 5.74) is 1.51. The fourth-order valence-electron chi connectivity index (χ4n) is 3.16. The smallest absolute Gasteiger partial charge is 0.257 e. The Morgan fingerprint density at radius 2 is 1.96 bits per heavy atom. The Balaban J connectivity index is 1.42. The van der Waals surface area contributed by atoms with Gasteiger partial charge in [0.05, 0.1) is 17.4 Å². The van der Waals surface area contributed by atoms with Crippen molar-refractivity contribution in [2.24, 2.45) is 0 Å². The highest BCUT2D eigenvalue weighted by molar-refractivity contribution is 9.10. The van der Waals surface area contributed by atoms with E-state index in [4.69, 9.17) is 4.52 Å². The summed E-state index contributed by atoms with van der Waals surface area (Å²) in [4.78, 5) is 18.9. The van der Waals surface area contributed by atoms with Gasteiger partial charge in [-0.1, -0.05) is 21.1 Å². The van der Waals surface area contributed by atoms with Crippen molar-refractivity contribution in [3.05, 3.63) is 58.4 Å². The fraction of sp³-hybridized carbons (Fsp3) is 0.333. The normalized spacial score (nSPS) is 15.4. The monoisotopic (exact) mass is 415 g/mol. The SMILES string of the molecule is Cc1noc(C2CCN(C(=O)c3cnn(-c4ccc(Br)cc4)c3)CC2)n1. The third-order valence-corrected chi connectivity index (χ3v) is 5.12. The summed E-state index contributed by atoms with van der Waals surface area (Å²) in [6, 6.07) is 7.79. The summed E-state index contributed by atoms with van der Waals surface area (Å²) in [6.45, 7) is 3.16. The lowest BCUT2D eigenvalue weighted by Crippen LogP contribution is -2.37. The van der Waals surface area contributed by atoms with Crippen LogP contribution in [0.25, 0.3) is 5.69 Å². The highest BCUT2D eigenvalue weighted by Gasteiger charge is 2.28. The van der Waals surface area contributed by atoms with Crippen LogP contribution >= 0.6 is 15.9 Å². The van der Waals surface area contributed by atoms with Gasteiger partial charge in [0.1, 0.15) is 0 Å². The quantitative estimate of drug-likeness (QED) is 0.655. The predicted molar refractivity (Wildman–Crippen MR) is 98.2 cm³/mol. The number of aryl methyl sites for hydroxylation is 1. The van der Waals surface area contributed by atoms with Crippen LogP contribution in [0.15, 0.2) is 45.7 Å². The molecule has 0 N–H and O–H groups in total. The van der Waals surface area contributed by atoms with Crippen molar-refractivity contribution >= 4 is 21.8 Å². The van der Waals surface area contributed by atoms with E-state index in [9.17, 15) is 4.79 Å². The summed E-state index contributed by atoms with van der Waals surface area (Å²) < 4.78 is 7.98. The molecule has 0 unspecified atom stereocenters. The van der Waals surface area contributed by atoms with Gasteiger partial charge in [-0.2, -0.15) is 10.1 Å². The number of amides is 1. The first-order chi connectivity index (χ1) is 12.6. The van der Waals surface area contributed by atoms with Crippen LogP contribution in [0.5, 0.6) is 0 Å². The summed E-state index contributed by atoms with van der Waals surface area (Å²) in [6.07, 6.45) is 5.05. The summed E-state index contributed by atoms with van der Waals surface area (Å²) in [5.74, 6) is 1.57. The summed E-state index contributed by atoms with van der Waals surface area (Å²) in [5, 5.41) is 8.17. The van der Waals surface area contributed by atoms with Crippen LogP contribution in [-0.2, 0) is 0 Å². The molecular formula is C18H18BrN5O2. The zero-order chi connectivity index (χ0) is 18.1. The molecule has 0 spiro atoms. The second-order valence-electron chi connectivity index (χ2n) is 6.40. The topological polar surface area (TPSA) is 77.0 Å². The van der Waals surface area contributed by atoms with Gasteiger partial charge < -0.3 is 9.42 Å². The molecule has 8 heteroatoms. The van der Waals surface area contributed by atoms with Crippen LogP contribution in [0.3, 0.4) is 0 Å². The van der Waals surface area contributed by atoms with Crippen molar-refractivity contribution in [2.45, 2.75) is 25.7 Å². The highest BCUT2D eigenvalue weighted by Crippen LogP contribution is 2.27. The number of benzene rings is 1. The standard InChI is InChI=1S/C18H18BrN5O2/c1-12-21-17(26-22-12)13-6-8-23(9-7-13)18(25)14-10-20-24(11-14)16-4-2-15(19)3-5-16/h2-5,10-11,13H,6-9H2,1H3. The number of likely N-dealkylation sites (tertiary alicyclic amines) is 1. The van der Waals surface area contributed by atoms with Gasteiger partial charge in [-0.3, -0.25) is 4.79 Å². The number of hydrogen-bond donors (Lipinski definition) is 0. The van der Waals surface area contributed by atoms with E-state index in [0.717, 1.165) is 23.0 Å². The molecule has 1 aliphatic heterocycles. The van der Waals surface area contributed by atoms with Crippen LogP contribution < -0.4 is 0 Å². The van der Waals surface area contributed by atoms with Gasteiger partial charge in [0.25, 0.3) is 5.91 Å². The third-order valence-electron chi connectivity index (χ3n) is 4.60. The lowest BCUT2D eigenvalue weighted by atomic mass is 9.96. The minimum Gasteiger partial charge on any atom is -0.339 e. The molecule has 3 aromatic rings. The lowest BCUT2D eigenvalue weighted by molar-refractivity contribution is 0.0704. The van der Waals surface area contributed by atoms with Gasteiger partial charge in [0.15, 0.2) is 5.82 Å². The molecule has 4 rings (SSSR count). The number of carbonyl (C=O) groups excluding carboxylic acids is 1. The zero-order valence-corrected chi connectivity index (χ0v) is 15.9. The van der Waals surface area contributed by atoms with Gasteiger partial charge in [-0.05, 0) is 44.0 Å². The number of carbonyl (C=O) groups is 1. The number of piperidine rings is 1. The van der Waals surface area contributed by atoms with Crippen LogP contribution in [-0.4, -0.2) is 43.8 Å². The molecular weight excluding hydrogens is 398 g/mol. The summed E-state index contributed by atoms with van der Waals surface area (Å²) in [7, 11) is 0. The molecule has 0 atom stereocenters. The molecule has 0 saturated carbocycles. The van der Waals surface area contributed by atoms with Gasteiger partial charge >= 0.3 is 0 Å². The number of hydrogen-bond acceptors (Lipinski definition) is 5. The van der Waals surface area contributed by atoms with Crippen molar-refractivity contribution < 1.29 is 9.32 Å².